The van der Waals surface area contributed by atoms with Crippen LogP contribution in [0.4, 0.5) is 0 Å². The van der Waals surface area contributed by atoms with Crippen LogP contribution < -0.4 is 5.32 Å². The Bertz CT molecular complexity index is 234. The topological polar surface area (TPSA) is 24.4 Å². The zero-order chi connectivity index (χ0) is 8.82. The number of fused-ring (bicyclic) bond motifs is 1. The molecule has 2 rings (SSSR count). The molecule has 2 heteroatoms. The van der Waals surface area contributed by atoms with Crippen molar-refractivity contribution in [2.24, 2.45) is 4.99 Å². The molecule has 2 atom stereocenters. The van der Waals surface area contributed by atoms with E-state index in [1.54, 1.807) is 0 Å². The van der Waals surface area contributed by atoms with Gasteiger partial charge in [0.15, 0.2) is 0 Å². The van der Waals surface area contributed by atoms with Crippen LogP contribution >= 0.6 is 0 Å². The van der Waals surface area contributed by atoms with Gasteiger partial charge in [-0.15, -0.1) is 0 Å². The van der Waals surface area contributed by atoms with Crippen LogP contribution in [0.15, 0.2) is 4.99 Å². The average Bonchev–Trinajstić information content (AvgIpc) is 2.39. The molecule has 2 unspecified atom stereocenters. The number of nitrogens with zero attached hydrogens (tertiary/aromatic N) is 1. The largest absolute Gasteiger partial charge is 0.366 e. The molecule has 1 fully saturated rings. The lowest BCUT2D eigenvalue weighted by Gasteiger charge is -2.09. The quantitative estimate of drug-likeness (QED) is 0.682. The molecule has 1 saturated carbocycles. The summed E-state index contributed by atoms with van der Waals surface area (Å²) < 4.78 is 0. The van der Waals surface area contributed by atoms with E-state index >= 15 is 0 Å². The number of rotatable bonds is 3. The van der Waals surface area contributed by atoms with E-state index in [-0.39, 0.29) is 5.54 Å². The van der Waals surface area contributed by atoms with Gasteiger partial charge in [-0.1, -0.05) is 13.3 Å². The SMILES string of the molecule is CCCCC1=NC2(C)CC2(C)N1. The number of nitrogens with one attached hydrogen (secondary N) is 1. The van der Waals surface area contributed by atoms with E-state index in [0.717, 1.165) is 6.42 Å². The molecule has 0 amide bonds. The first-order valence-corrected chi connectivity index (χ1v) is 4.96. The maximum atomic E-state index is 4.71. The van der Waals surface area contributed by atoms with Crippen molar-refractivity contribution in [3.63, 3.8) is 0 Å². The Hall–Kier alpha value is -0.530. The van der Waals surface area contributed by atoms with Crippen molar-refractivity contribution < 1.29 is 0 Å². The van der Waals surface area contributed by atoms with Crippen molar-refractivity contribution in [3.8, 4) is 0 Å². The highest BCUT2D eigenvalue weighted by Crippen LogP contribution is 2.53. The lowest BCUT2D eigenvalue weighted by atomic mass is 10.2. The molecule has 0 aromatic carbocycles. The molecule has 0 saturated heterocycles. The Kier molecular flexibility index (Phi) is 1.51. The number of unbranched alkanes of at least 4 members (excludes halogenated alkanes) is 1. The lowest BCUT2D eigenvalue weighted by molar-refractivity contribution is 0.595. The van der Waals surface area contributed by atoms with Gasteiger partial charge in [0.2, 0.25) is 0 Å². The van der Waals surface area contributed by atoms with E-state index in [4.69, 9.17) is 4.99 Å². The third-order valence-electron chi connectivity index (χ3n) is 3.33. The Morgan fingerprint density at radius 1 is 1.50 bits per heavy atom. The minimum atomic E-state index is 0.246. The average molecular weight is 166 g/mol. The fraction of sp³-hybridized carbons (Fsp3) is 0.900. The molecule has 68 valence electrons. The molecule has 12 heavy (non-hydrogen) atoms. The van der Waals surface area contributed by atoms with Crippen molar-refractivity contribution in [3.05, 3.63) is 0 Å². The minimum Gasteiger partial charge on any atom is -0.366 e. The summed E-state index contributed by atoms with van der Waals surface area (Å²) in [6, 6.07) is 0. The molecule has 0 bridgehead atoms. The summed E-state index contributed by atoms with van der Waals surface area (Å²) in [5.74, 6) is 1.24. The van der Waals surface area contributed by atoms with Gasteiger partial charge in [-0.2, -0.15) is 0 Å². The predicted molar refractivity (Wildman–Crippen MR) is 51.5 cm³/mol. The summed E-state index contributed by atoms with van der Waals surface area (Å²) >= 11 is 0. The van der Waals surface area contributed by atoms with E-state index in [2.05, 4.69) is 26.1 Å². The first-order chi connectivity index (χ1) is 5.60. The number of hydrogen-bond acceptors (Lipinski definition) is 2. The molecule has 0 aromatic heterocycles. The first-order valence-electron chi connectivity index (χ1n) is 4.96. The van der Waals surface area contributed by atoms with Crippen molar-refractivity contribution >= 4 is 5.84 Å². The van der Waals surface area contributed by atoms with Gasteiger partial charge in [0, 0.05) is 6.42 Å². The highest BCUT2D eigenvalue weighted by Gasteiger charge is 2.65. The minimum absolute atomic E-state index is 0.246. The fourth-order valence-corrected chi connectivity index (χ4v) is 2.09. The summed E-state index contributed by atoms with van der Waals surface area (Å²) in [5.41, 5.74) is 0.562. The Balaban J connectivity index is 1.96. The summed E-state index contributed by atoms with van der Waals surface area (Å²) in [5, 5.41) is 3.53. The zero-order valence-electron chi connectivity index (χ0n) is 8.28. The van der Waals surface area contributed by atoms with Gasteiger partial charge < -0.3 is 5.32 Å². The van der Waals surface area contributed by atoms with Crippen LogP contribution in [0.5, 0.6) is 0 Å². The van der Waals surface area contributed by atoms with Crippen molar-refractivity contribution in [1.82, 2.24) is 5.32 Å². The monoisotopic (exact) mass is 166 g/mol. The van der Waals surface area contributed by atoms with Crippen LogP contribution in [0.3, 0.4) is 0 Å². The Labute approximate surface area is 74.5 Å². The normalized spacial score (nSPS) is 43.4. The molecule has 0 aromatic rings. The zero-order valence-corrected chi connectivity index (χ0v) is 8.28. The van der Waals surface area contributed by atoms with Crippen LogP contribution in [0.2, 0.25) is 0 Å². The fourth-order valence-electron chi connectivity index (χ4n) is 2.09. The van der Waals surface area contributed by atoms with Crippen LogP contribution in [-0.4, -0.2) is 16.9 Å². The molecule has 1 aliphatic heterocycles. The highest BCUT2D eigenvalue weighted by atomic mass is 15.3. The van der Waals surface area contributed by atoms with E-state index in [0.29, 0.717) is 5.54 Å². The summed E-state index contributed by atoms with van der Waals surface area (Å²) in [6.07, 6.45) is 4.88. The second kappa shape index (κ2) is 2.24. The smallest absolute Gasteiger partial charge is 0.0975 e. The van der Waals surface area contributed by atoms with Gasteiger partial charge in [0.1, 0.15) is 0 Å². The molecule has 1 N–H and O–H groups in total. The summed E-state index contributed by atoms with van der Waals surface area (Å²) in [6.45, 7) is 6.74. The second-order valence-electron chi connectivity index (χ2n) is 4.57. The number of amidine groups is 1. The van der Waals surface area contributed by atoms with E-state index in [1.165, 1.54) is 25.1 Å². The third-order valence-corrected chi connectivity index (χ3v) is 3.33. The lowest BCUT2D eigenvalue weighted by Crippen LogP contribution is -2.32. The second-order valence-corrected chi connectivity index (χ2v) is 4.57. The molecule has 2 nitrogen and oxygen atoms in total. The van der Waals surface area contributed by atoms with Crippen LogP contribution in [0.25, 0.3) is 0 Å². The molecule has 1 aliphatic carbocycles. The summed E-state index contributed by atoms with van der Waals surface area (Å²) in [4.78, 5) is 4.71. The highest BCUT2D eigenvalue weighted by molar-refractivity contribution is 5.87. The van der Waals surface area contributed by atoms with Crippen LogP contribution in [-0.2, 0) is 0 Å². The predicted octanol–water partition coefficient (Wildman–Crippen LogP) is 2.10. The Morgan fingerprint density at radius 2 is 2.25 bits per heavy atom. The third kappa shape index (κ3) is 0.970. The number of aliphatic imine (C=N–C) groups is 1. The molecule has 0 spiro atoms. The van der Waals surface area contributed by atoms with E-state index < -0.39 is 0 Å². The standard InChI is InChI=1S/C10H18N2/c1-4-5-6-8-11-9(2)7-10(9,3)12-8/h4-7H2,1-3H3,(H,11,12). The first kappa shape index (κ1) is 8.09. The Morgan fingerprint density at radius 3 is 2.75 bits per heavy atom. The molecule has 2 aliphatic rings. The molecule has 0 radical (unpaired) electrons. The van der Waals surface area contributed by atoms with Gasteiger partial charge in [0.25, 0.3) is 0 Å². The van der Waals surface area contributed by atoms with Crippen LogP contribution in [0.1, 0.15) is 46.5 Å². The maximum Gasteiger partial charge on any atom is 0.0975 e. The molecule has 1 heterocycles. The molecular weight excluding hydrogens is 148 g/mol. The maximum absolute atomic E-state index is 4.71. The van der Waals surface area contributed by atoms with Crippen molar-refractivity contribution in [2.45, 2.75) is 57.5 Å². The van der Waals surface area contributed by atoms with E-state index in [1.807, 2.05) is 0 Å². The molecular formula is C10H18N2. The van der Waals surface area contributed by atoms with E-state index in [9.17, 15) is 0 Å². The van der Waals surface area contributed by atoms with Crippen LogP contribution in [0, 0.1) is 0 Å². The van der Waals surface area contributed by atoms with Gasteiger partial charge >= 0.3 is 0 Å². The van der Waals surface area contributed by atoms with Gasteiger partial charge in [-0.25, -0.2) is 0 Å². The van der Waals surface area contributed by atoms with Gasteiger partial charge in [-0.05, 0) is 26.7 Å². The van der Waals surface area contributed by atoms with Crippen molar-refractivity contribution in [2.75, 3.05) is 0 Å². The number of hydrogen-bond donors (Lipinski definition) is 1. The summed E-state index contributed by atoms with van der Waals surface area (Å²) in [7, 11) is 0. The van der Waals surface area contributed by atoms with Gasteiger partial charge in [-0.3, -0.25) is 4.99 Å². The van der Waals surface area contributed by atoms with Crippen molar-refractivity contribution in [1.29, 1.82) is 0 Å². The van der Waals surface area contributed by atoms with Gasteiger partial charge in [0.05, 0.1) is 16.9 Å².